The van der Waals surface area contributed by atoms with E-state index in [1.54, 1.807) is 0 Å². The number of para-hydroxylation sites is 1. The van der Waals surface area contributed by atoms with Crippen molar-refractivity contribution in [3.8, 4) is 0 Å². The van der Waals surface area contributed by atoms with Gasteiger partial charge >= 0.3 is 6.18 Å². The maximum absolute atomic E-state index is 12.8. The smallest absolute Gasteiger partial charge is 0.353 e. The fraction of sp³-hybridized carbons (Fsp3) is 0.450. The Hall–Kier alpha value is -2.24. The highest BCUT2D eigenvalue weighted by Crippen LogP contribution is 2.31. The molecule has 1 heterocycles. The first-order chi connectivity index (χ1) is 12.1. The molecular formula is C20H25F3N2O. The van der Waals surface area contributed by atoms with Crippen molar-refractivity contribution in [3.05, 3.63) is 53.3 Å². The van der Waals surface area contributed by atoms with Crippen molar-refractivity contribution in [1.29, 1.82) is 0 Å². The molecule has 0 aliphatic carbocycles. The molecule has 1 N–H and O–H groups in total. The molecule has 2 rings (SSSR count). The van der Waals surface area contributed by atoms with Crippen LogP contribution in [0.25, 0.3) is 0 Å². The van der Waals surface area contributed by atoms with Crippen LogP contribution in [0.3, 0.4) is 0 Å². The van der Waals surface area contributed by atoms with Gasteiger partial charge in [0, 0.05) is 24.6 Å². The summed E-state index contributed by atoms with van der Waals surface area (Å²) in [6.45, 7) is 6.40. The van der Waals surface area contributed by atoms with Gasteiger partial charge in [-0.05, 0) is 36.0 Å². The number of amides is 1. The van der Waals surface area contributed by atoms with Gasteiger partial charge in [-0.3, -0.25) is 4.79 Å². The van der Waals surface area contributed by atoms with Crippen LogP contribution in [-0.4, -0.2) is 10.5 Å². The van der Waals surface area contributed by atoms with E-state index in [-0.39, 0.29) is 18.2 Å². The second-order valence-electron chi connectivity index (χ2n) is 7.17. The predicted octanol–water partition coefficient (Wildman–Crippen LogP) is 5.37. The minimum atomic E-state index is -4.41. The number of benzene rings is 1. The average molecular weight is 366 g/mol. The summed E-state index contributed by atoms with van der Waals surface area (Å²) in [6, 6.07) is 8.59. The second-order valence-corrected chi connectivity index (χ2v) is 7.17. The summed E-state index contributed by atoms with van der Waals surface area (Å²) >= 11 is 0. The molecule has 0 saturated heterocycles. The first-order valence-electron chi connectivity index (χ1n) is 8.69. The Kier molecular flexibility index (Phi) is 6.16. The molecule has 0 saturated carbocycles. The Morgan fingerprint density at radius 1 is 1.19 bits per heavy atom. The van der Waals surface area contributed by atoms with E-state index in [2.05, 4.69) is 26.1 Å². The van der Waals surface area contributed by atoms with Gasteiger partial charge in [-0.25, -0.2) is 0 Å². The number of aromatic nitrogens is 1. The summed E-state index contributed by atoms with van der Waals surface area (Å²) < 4.78 is 39.7. The quantitative estimate of drug-likeness (QED) is 0.732. The number of nitrogens with one attached hydrogen (secondary N) is 1. The lowest BCUT2D eigenvalue weighted by Crippen LogP contribution is -2.17. The zero-order valence-corrected chi connectivity index (χ0v) is 15.5. The molecule has 1 atom stereocenters. The number of hydrogen-bond acceptors (Lipinski definition) is 1. The molecule has 0 aliphatic heterocycles. The normalized spacial score (nSPS) is 13.1. The molecule has 0 fully saturated rings. The molecule has 1 aromatic carbocycles. The monoisotopic (exact) mass is 366 g/mol. The molecular weight excluding hydrogens is 341 g/mol. The van der Waals surface area contributed by atoms with Crippen LogP contribution in [0.2, 0.25) is 0 Å². The Morgan fingerprint density at radius 3 is 2.42 bits per heavy atom. The molecule has 2 aromatic rings. The number of nitrogens with zero attached hydrogens (tertiary/aromatic N) is 1. The van der Waals surface area contributed by atoms with Crippen LogP contribution in [0, 0.1) is 5.92 Å². The van der Waals surface area contributed by atoms with Crippen LogP contribution in [0.15, 0.2) is 36.5 Å². The van der Waals surface area contributed by atoms with Crippen LogP contribution in [0.5, 0.6) is 0 Å². The fourth-order valence-electron chi connectivity index (χ4n) is 3.17. The molecule has 0 aliphatic rings. The van der Waals surface area contributed by atoms with E-state index in [4.69, 9.17) is 0 Å². The van der Waals surface area contributed by atoms with Crippen molar-refractivity contribution < 1.29 is 18.0 Å². The summed E-state index contributed by atoms with van der Waals surface area (Å²) in [4.78, 5) is 12.4. The number of aryl methyl sites for hydroxylation is 1. The Morgan fingerprint density at radius 2 is 1.85 bits per heavy atom. The minimum absolute atomic E-state index is 0.112. The highest BCUT2D eigenvalue weighted by Gasteiger charge is 2.32. The van der Waals surface area contributed by atoms with Crippen LogP contribution in [0.4, 0.5) is 18.9 Å². The Balaban J connectivity index is 2.13. The van der Waals surface area contributed by atoms with Crippen molar-refractivity contribution >= 4 is 11.6 Å². The molecule has 3 nitrogen and oxygen atoms in total. The Labute approximate surface area is 152 Å². The number of carbonyl (C=O) groups is 1. The predicted molar refractivity (Wildman–Crippen MR) is 97.1 cm³/mol. The first-order valence-corrected chi connectivity index (χ1v) is 8.69. The summed E-state index contributed by atoms with van der Waals surface area (Å²) in [5.74, 6) is 0.473. The van der Waals surface area contributed by atoms with Gasteiger partial charge in [0.05, 0.1) is 12.0 Å². The Bertz CT molecular complexity index is 763. The van der Waals surface area contributed by atoms with Crippen LogP contribution in [-0.2, 0) is 24.4 Å². The van der Waals surface area contributed by atoms with E-state index in [9.17, 15) is 18.0 Å². The number of halogens is 3. The highest BCUT2D eigenvalue weighted by molar-refractivity contribution is 5.93. The molecule has 26 heavy (non-hydrogen) atoms. The molecule has 142 valence electrons. The van der Waals surface area contributed by atoms with Gasteiger partial charge in [0.25, 0.3) is 0 Å². The molecule has 1 aromatic heterocycles. The van der Waals surface area contributed by atoms with E-state index in [0.717, 1.165) is 29.9 Å². The lowest BCUT2D eigenvalue weighted by atomic mass is 9.91. The minimum Gasteiger partial charge on any atom is -0.353 e. The highest BCUT2D eigenvalue weighted by atomic mass is 19.4. The molecule has 1 amide bonds. The van der Waals surface area contributed by atoms with E-state index < -0.39 is 11.7 Å². The lowest BCUT2D eigenvalue weighted by molar-refractivity contribution is -0.137. The molecule has 1 unspecified atom stereocenters. The van der Waals surface area contributed by atoms with Crippen LogP contribution < -0.4 is 5.32 Å². The second kappa shape index (κ2) is 7.98. The number of anilines is 1. The lowest BCUT2D eigenvalue weighted by Gasteiger charge is -2.18. The first kappa shape index (κ1) is 20.1. The fourth-order valence-corrected chi connectivity index (χ4v) is 3.17. The van der Waals surface area contributed by atoms with Gasteiger partial charge in [-0.1, -0.05) is 39.0 Å². The van der Waals surface area contributed by atoms with Gasteiger partial charge in [0.1, 0.15) is 0 Å². The van der Waals surface area contributed by atoms with Gasteiger partial charge in [0.15, 0.2) is 0 Å². The molecule has 0 spiro atoms. The maximum Gasteiger partial charge on any atom is 0.417 e. The summed E-state index contributed by atoms with van der Waals surface area (Å²) in [6.07, 6.45) is -2.54. The molecule has 0 bridgehead atoms. The molecule has 0 radical (unpaired) electrons. The third kappa shape index (κ3) is 5.13. The van der Waals surface area contributed by atoms with E-state index >= 15 is 0 Å². The number of hydrogen-bond donors (Lipinski definition) is 1. The van der Waals surface area contributed by atoms with Crippen molar-refractivity contribution in [2.75, 3.05) is 5.32 Å². The van der Waals surface area contributed by atoms with E-state index in [0.29, 0.717) is 11.6 Å². The van der Waals surface area contributed by atoms with Gasteiger partial charge in [-0.15, -0.1) is 0 Å². The summed E-state index contributed by atoms with van der Waals surface area (Å²) in [5, 5.41) is 2.85. The van der Waals surface area contributed by atoms with Gasteiger partial charge in [0.2, 0.25) is 5.91 Å². The number of rotatable bonds is 6. The van der Waals surface area contributed by atoms with E-state index in [1.807, 2.05) is 24.3 Å². The molecule has 6 heteroatoms. The van der Waals surface area contributed by atoms with Gasteiger partial charge < -0.3 is 9.88 Å². The van der Waals surface area contributed by atoms with Crippen molar-refractivity contribution in [1.82, 2.24) is 4.57 Å². The number of alkyl halides is 3. The third-order valence-corrected chi connectivity index (χ3v) is 4.37. The average Bonchev–Trinajstić information content (AvgIpc) is 2.88. The zero-order valence-electron chi connectivity index (χ0n) is 15.5. The van der Waals surface area contributed by atoms with Gasteiger partial charge in [-0.2, -0.15) is 13.2 Å². The zero-order chi connectivity index (χ0) is 19.5. The SMILES string of the molecule is CC(C)CC(C)c1ccccc1NC(=O)Cc1cc(C(F)(F)F)cn1C. The van der Waals surface area contributed by atoms with Crippen LogP contribution in [0.1, 0.15) is 49.9 Å². The number of carbonyl (C=O) groups excluding carboxylic acids is 1. The summed E-state index contributed by atoms with van der Waals surface area (Å²) in [5.41, 5.74) is 1.34. The largest absolute Gasteiger partial charge is 0.417 e. The van der Waals surface area contributed by atoms with Crippen molar-refractivity contribution in [2.24, 2.45) is 13.0 Å². The van der Waals surface area contributed by atoms with E-state index in [1.165, 1.54) is 11.6 Å². The maximum atomic E-state index is 12.8. The van der Waals surface area contributed by atoms with Crippen molar-refractivity contribution in [2.45, 2.75) is 45.7 Å². The van der Waals surface area contributed by atoms with Crippen LogP contribution >= 0.6 is 0 Å². The standard InChI is InChI=1S/C20H25F3N2O/c1-13(2)9-14(3)17-7-5-6-8-18(17)24-19(26)11-16-10-15(12-25(16)4)20(21,22)23/h5-8,10,12-14H,9,11H2,1-4H3,(H,24,26). The summed E-state index contributed by atoms with van der Waals surface area (Å²) in [7, 11) is 1.51. The van der Waals surface area contributed by atoms with Crippen molar-refractivity contribution in [3.63, 3.8) is 0 Å². The topological polar surface area (TPSA) is 34.0 Å². The third-order valence-electron chi connectivity index (χ3n) is 4.37.